The van der Waals surface area contributed by atoms with E-state index in [1.54, 1.807) is 6.92 Å². The highest BCUT2D eigenvalue weighted by atomic mass is 32.1. The standard InChI is InChI=1S/C16H22FN5O3S/c1-9-6-12(24-8-14-21-20-11(3)25-14)4-5-22(9)7-13-15(17)19-16(26-13)18-10(2)23/h9,12H,4-8H2,1-3H3,(H,18,19,23)/t9-,12+/m0/s1. The highest BCUT2D eigenvalue weighted by Crippen LogP contribution is 2.27. The number of nitrogens with zero attached hydrogens (tertiary/aromatic N) is 4. The lowest BCUT2D eigenvalue weighted by Gasteiger charge is -2.37. The molecule has 0 spiro atoms. The van der Waals surface area contributed by atoms with Crippen molar-refractivity contribution in [3.8, 4) is 0 Å². The van der Waals surface area contributed by atoms with Crippen molar-refractivity contribution in [1.82, 2.24) is 20.1 Å². The zero-order valence-electron chi connectivity index (χ0n) is 15.0. The van der Waals surface area contributed by atoms with Crippen molar-refractivity contribution in [1.29, 1.82) is 0 Å². The number of ether oxygens (including phenoxy) is 1. The SMILES string of the molecule is CC(=O)Nc1nc(F)c(CN2CC[C@@H](OCc3nnc(C)o3)C[C@@H]2C)s1. The number of aromatic nitrogens is 3. The summed E-state index contributed by atoms with van der Waals surface area (Å²) in [6.07, 6.45) is 1.79. The molecule has 10 heteroatoms. The molecule has 1 amide bonds. The number of thiazole rings is 1. The first-order valence-corrected chi connectivity index (χ1v) is 9.29. The number of hydrogen-bond donors (Lipinski definition) is 1. The van der Waals surface area contributed by atoms with Gasteiger partial charge in [0.15, 0.2) is 5.13 Å². The Morgan fingerprint density at radius 1 is 1.50 bits per heavy atom. The Labute approximate surface area is 154 Å². The van der Waals surface area contributed by atoms with Gasteiger partial charge in [-0.15, -0.1) is 10.2 Å². The number of anilines is 1. The molecule has 2 aromatic rings. The van der Waals surface area contributed by atoms with Crippen LogP contribution in [0, 0.1) is 12.9 Å². The Bertz CT molecular complexity index is 765. The normalized spacial score (nSPS) is 21.1. The number of carbonyl (C=O) groups is 1. The van der Waals surface area contributed by atoms with Crippen LogP contribution < -0.4 is 5.32 Å². The van der Waals surface area contributed by atoms with Gasteiger partial charge in [-0.1, -0.05) is 11.3 Å². The van der Waals surface area contributed by atoms with Crippen molar-refractivity contribution in [2.45, 2.75) is 58.9 Å². The largest absolute Gasteiger partial charge is 0.423 e. The first-order chi connectivity index (χ1) is 12.4. The smallest absolute Gasteiger partial charge is 0.242 e. The minimum atomic E-state index is -0.518. The van der Waals surface area contributed by atoms with E-state index in [-0.39, 0.29) is 18.1 Å². The molecule has 1 fully saturated rings. The first kappa shape index (κ1) is 18.9. The van der Waals surface area contributed by atoms with Gasteiger partial charge in [-0.05, 0) is 19.8 Å². The van der Waals surface area contributed by atoms with Gasteiger partial charge >= 0.3 is 0 Å². The van der Waals surface area contributed by atoms with E-state index in [9.17, 15) is 9.18 Å². The molecule has 1 aliphatic rings. The van der Waals surface area contributed by atoms with E-state index in [0.29, 0.717) is 34.9 Å². The van der Waals surface area contributed by atoms with E-state index in [0.717, 1.165) is 19.4 Å². The highest BCUT2D eigenvalue weighted by Gasteiger charge is 2.28. The van der Waals surface area contributed by atoms with E-state index < -0.39 is 5.95 Å². The molecule has 1 N–H and O–H groups in total. The van der Waals surface area contributed by atoms with Crippen LogP contribution in [0.25, 0.3) is 0 Å². The highest BCUT2D eigenvalue weighted by molar-refractivity contribution is 7.15. The fourth-order valence-corrected chi connectivity index (χ4v) is 3.88. The fourth-order valence-electron chi connectivity index (χ4n) is 2.97. The predicted molar refractivity (Wildman–Crippen MR) is 93.1 cm³/mol. The van der Waals surface area contributed by atoms with Gasteiger partial charge in [0.1, 0.15) is 6.61 Å². The van der Waals surface area contributed by atoms with Crippen molar-refractivity contribution < 1.29 is 18.3 Å². The van der Waals surface area contributed by atoms with E-state index >= 15 is 0 Å². The number of piperidine rings is 1. The lowest BCUT2D eigenvalue weighted by atomic mass is 10.0. The summed E-state index contributed by atoms with van der Waals surface area (Å²) < 4.78 is 25.2. The zero-order chi connectivity index (χ0) is 18.7. The number of likely N-dealkylation sites (tertiary alicyclic amines) is 1. The lowest BCUT2D eigenvalue weighted by Crippen LogP contribution is -2.42. The molecule has 0 aromatic carbocycles. The molecule has 142 valence electrons. The van der Waals surface area contributed by atoms with Gasteiger partial charge in [0.2, 0.25) is 23.6 Å². The van der Waals surface area contributed by atoms with Crippen LogP contribution in [0.5, 0.6) is 0 Å². The summed E-state index contributed by atoms with van der Waals surface area (Å²) in [7, 11) is 0. The van der Waals surface area contributed by atoms with Crippen LogP contribution in [0.1, 0.15) is 43.3 Å². The fraction of sp³-hybridized carbons (Fsp3) is 0.625. The molecule has 1 aliphatic heterocycles. The van der Waals surface area contributed by atoms with Crippen LogP contribution in [0.2, 0.25) is 0 Å². The second kappa shape index (κ2) is 8.19. The molecular weight excluding hydrogens is 361 g/mol. The van der Waals surface area contributed by atoms with Crippen molar-refractivity contribution in [3.05, 3.63) is 22.6 Å². The summed E-state index contributed by atoms with van der Waals surface area (Å²) >= 11 is 1.18. The van der Waals surface area contributed by atoms with Gasteiger partial charge in [0, 0.05) is 33.0 Å². The molecule has 8 nitrogen and oxygen atoms in total. The zero-order valence-corrected chi connectivity index (χ0v) is 15.8. The minimum Gasteiger partial charge on any atom is -0.423 e. The minimum absolute atomic E-state index is 0.106. The number of hydrogen-bond acceptors (Lipinski definition) is 8. The van der Waals surface area contributed by atoms with E-state index in [2.05, 4.69) is 32.3 Å². The second-order valence-electron chi connectivity index (χ2n) is 6.41. The maximum Gasteiger partial charge on any atom is 0.242 e. The molecule has 2 aromatic heterocycles. The summed E-state index contributed by atoms with van der Waals surface area (Å²) in [4.78, 5) is 17.6. The van der Waals surface area contributed by atoms with Crippen molar-refractivity contribution in [2.75, 3.05) is 11.9 Å². The Hall–Kier alpha value is -1.91. The van der Waals surface area contributed by atoms with Gasteiger partial charge in [0.25, 0.3) is 0 Å². The Morgan fingerprint density at radius 3 is 2.96 bits per heavy atom. The van der Waals surface area contributed by atoms with Gasteiger partial charge in [0.05, 0.1) is 11.0 Å². The third-order valence-electron chi connectivity index (χ3n) is 4.26. The van der Waals surface area contributed by atoms with E-state index in [4.69, 9.17) is 9.15 Å². The number of halogens is 1. The number of carbonyl (C=O) groups excluding carboxylic acids is 1. The molecule has 3 rings (SSSR count). The summed E-state index contributed by atoms with van der Waals surface area (Å²) in [6.45, 7) is 6.79. The van der Waals surface area contributed by atoms with E-state index in [1.165, 1.54) is 18.3 Å². The molecular formula is C16H22FN5O3S. The Morgan fingerprint density at radius 2 is 2.31 bits per heavy atom. The van der Waals surface area contributed by atoms with Crippen LogP contribution >= 0.6 is 11.3 Å². The van der Waals surface area contributed by atoms with E-state index in [1.807, 2.05) is 0 Å². The predicted octanol–water partition coefficient (Wildman–Crippen LogP) is 2.50. The van der Waals surface area contributed by atoms with Crippen molar-refractivity contribution >= 4 is 22.4 Å². The quantitative estimate of drug-likeness (QED) is 0.819. The third-order valence-corrected chi connectivity index (χ3v) is 5.19. The summed E-state index contributed by atoms with van der Waals surface area (Å²) in [5.41, 5.74) is 0. The number of aryl methyl sites for hydroxylation is 1. The Kier molecular flexibility index (Phi) is 5.94. The Balaban J connectivity index is 1.51. The van der Waals surface area contributed by atoms with Crippen LogP contribution in [0.3, 0.4) is 0 Å². The summed E-state index contributed by atoms with van der Waals surface area (Å²) in [6, 6.07) is 0.240. The van der Waals surface area contributed by atoms with Crippen molar-refractivity contribution in [3.63, 3.8) is 0 Å². The summed E-state index contributed by atoms with van der Waals surface area (Å²) in [5, 5.41) is 10.5. The topological polar surface area (TPSA) is 93.4 Å². The van der Waals surface area contributed by atoms with Gasteiger partial charge in [-0.2, -0.15) is 9.37 Å². The molecule has 2 atom stereocenters. The molecule has 1 saturated heterocycles. The molecule has 0 aliphatic carbocycles. The van der Waals surface area contributed by atoms with Crippen LogP contribution in [-0.2, 0) is 22.7 Å². The third kappa shape index (κ3) is 4.83. The average molecular weight is 383 g/mol. The monoisotopic (exact) mass is 383 g/mol. The number of rotatable bonds is 6. The number of nitrogens with one attached hydrogen (secondary N) is 1. The van der Waals surface area contributed by atoms with Crippen LogP contribution in [-0.4, -0.2) is 44.7 Å². The average Bonchev–Trinajstić information content (AvgIpc) is 3.13. The first-order valence-electron chi connectivity index (χ1n) is 8.48. The van der Waals surface area contributed by atoms with Crippen molar-refractivity contribution in [2.24, 2.45) is 0 Å². The maximum atomic E-state index is 14.0. The summed E-state index contributed by atoms with van der Waals surface area (Å²) in [5.74, 6) is 0.232. The molecule has 3 heterocycles. The molecule has 0 bridgehead atoms. The van der Waals surface area contributed by atoms with Crippen LogP contribution in [0.4, 0.5) is 9.52 Å². The van der Waals surface area contributed by atoms with Gasteiger partial charge in [-0.25, -0.2) is 0 Å². The van der Waals surface area contributed by atoms with Gasteiger partial charge < -0.3 is 14.5 Å². The number of amides is 1. The van der Waals surface area contributed by atoms with Crippen LogP contribution in [0.15, 0.2) is 4.42 Å². The molecule has 26 heavy (non-hydrogen) atoms. The molecule has 0 unspecified atom stereocenters. The molecule has 0 radical (unpaired) electrons. The second-order valence-corrected chi connectivity index (χ2v) is 7.49. The van der Waals surface area contributed by atoms with Gasteiger partial charge in [-0.3, -0.25) is 9.69 Å². The molecule has 0 saturated carbocycles. The lowest BCUT2D eigenvalue weighted by molar-refractivity contribution is -0.114. The maximum absolute atomic E-state index is 14.0.